The quantitative estimate of drug-likeness (QED) is 0.722. The smallest absolute Gasteiger partial charge is 0.282 e. The van der Waals surface area contributed by atoms with Crippen molar-refractivity contribution in [2.45, 2.75) is 45.1 Å². The number of carbonyl (C=O) groups excluding carboxylic acids is 1. The lowest BCUT2D eigenvalue weighted by Crippen LogP contribution is -2.52. The second-order valence-corrected chi connectivity index (χ2v) is 7.24. The molecule has 2 aliphatic heterocycles. The van der Waals surface area contributed by atoms with Crippen molar-refractivity contribution in [3.63, 3.8) is 0 Å². The number of piperidine rings is 2. The topological polar surface area (TPSA) is 57.7 Å². The van der Waals surface area contributed by atoms with Crippen LogP contribution in [0.5, 0.6) is 0 Å². The third-order valence-electron chi connectivity index (χ3n) is 3.98. The lowest BCUT2D eigenvalue weighted by atomic mass is 10.0. The van der Waals surface area contributed by atoms with Crippen LogP contribution in [0.3, 0.4) is 0 Å². The fourth-order valence-corrected chi connectivity index (χ4v) is 4.81. The molecule has 0 aromatic rings. The first-order valence-corrected chi connectivity index (χ1v) is 8.17. The van der Waals surface area contributed by atoms with Crippen LogP contribution in [0, 0.1) is 5.92 Å². The molecule has 104 valence electrons. The largest absolute Gasteiger partial charge is 0.303 e. The number of rotatable bonds is 3. The van der Waals surface area contributed by atoms with E-state index in [1.54, 1.807) is 4.31 Å². The standard InChI is InChI=1S/C12H22N2O3S/c1-11-5-2-3-8-14(11)18(16,17)13-7-4-6-12(9-13)10-15/h10-12H,2-9H2,1H3. The van der Waals surface area contributed by atoms with Gasteiger partial charge < -0.3 is 4.79 Å². The Morgan fingerprint density at radius 3 is 2.56 bits per heavy atom. The summed E-state index contributed by atoms with van der Waals surface area (Å²) in [5, 5.41) is 0. The highest BCUT2D eigenvalue weighted by atomic mass is 32.2. The average Bonchev–Trinajstić information content (AvgIpc) is 2.39. The van der Waals surface area contributed by atoms with Gasteiger partial charge in [-0.2, -0.15) is 17.0 Å². The van der Waals surface area contributed by atoms with E-state index in [4.69, 9.17) is 0 Å². The molecule has 2 rings (SSSR count). The summed E-state index contributed by atoms with van der Waals surface area (Å²) < 4.78 is 28.2. The van der Waals surface area contributed by atoms with Gasteiger partial charge in [0.1, 0.15) is 6.29 Å². The van der Waals surface area contributed by atoms with Gasteiger partial charge in [-0.25, -0.2) is 0 Å². The second kappa shape index (κ2) is 5.67. The molecule has 6 heteroatoms. The maximum atomic E-state index is 12.5. The minimum atomic E-state index is -3.37. The number of aldehydes is 1. The molecule has 0 bridgehead atoms. The Kier molecular flexibility index (Phi) is 4.40. The van der Waals surface area contributed by atoms with Crippen LogP contribution in [0.2, 0.25) is 0 Å². The molecule has 0 amide bonds. The number of hydrogen-bond donors (Lipinski definition) is 0. The molecule has 0 aromatic heterocycles. The lowest BCUT2D eigenvalue weighted by Gasteiger charge is -2.38. The summed E-state index contributed by atoms with van der Waals surface area (Å²) in [6, 6.07) is 0.0837. The van der Waals surface area contributed by atoms with E-state index >= 15 is 0 Å². The maximum Gasteiger partial charge on any atom is 0.282 e. The summed E-state index contributed by atoms with van der Waals surface area (Å²) >= 11 is 0. The van der Waals surface area contributed by atoms with Crippen molar-refractivity contribution in [1.29, 1.82) is 0 Å². The van der Waals surface area contributed by atoms with Crippen molar-refractivity contribution in [2.24, 2.45) is 5.92 Å². The second-order valence-electron chi connectivity index (χ2n) is 5.36. The summed E-state index contributed by atoms with van der Waals surface area (Å²) in [7, 11) is -3.37. The molecule has 0 radical (unpaired) electrons. The Balaban J connectivity index is 2.11. The SMILES string of the molecule is CC1CCCCN1S(=O)(=O)N1CCCC(C=O)C1. The van der Waals surface area contributed by atoms with Crippen LogP contribution < -0.4 is 0 Å². The molecule has 2 heterocycles. The van der Waals surface area contributed by atoms with E-state index < -0.39 is 10.2 Å². The van der Waals surface area contributed by atoms with E-state index in [9.17, 15) is 13.2 Å². The first kappa shape index (κ1) is 14.0. The molecule has 2 atom stereocenters. The summed E-state index contributed by atoms with van der Waals surface area (Å²) in [6.07, 6.45) is 5.46. The molecule has 2 unspecified atom stereocenters. The zero-order valence-electron chi connectivity index (χ0n) is 10.9. The zero-order valence-corrected chi connectivity index (χ0v) is 11.7. The van der Waals surface area contributed by atoms with Gasteiger partial charge in [0.05, 0.1) is 0 Å². The van der Waals surface area contributed by atoms with Crippen LogP contribution in [0.1, 0.15) is 39.0 Å². The van der Waals surface area contributed by atoms with Crippen molar-refractivity contribution in [1.82, 2.24) is 8.61 Å². The normalized spacial score (nSPS) is 32.3. The van der Waals surface area contributed by atoms with Gasteiger partial charge in [-0.3, -0.25) is 0 Å². The molecule has 2 fully saturated rings. The first-order chi connectivity index (χ1) is 8.55. The van der Waals surface area contributed by atoms with E-state index in [0.717, 1.165) is 38.4 Å². The molecule has 0 spiro atoms. The molecule has 0 aliphatic carbocycles. The van der Waals surface area contributed by atoms with E-state index in [1.807, 2.05) is 6.92 Å². The lowest BCUT2D eigenvalue weighted by molar-refractivity contribution is -0.112. The predicted octanol–water partition coefficient (Wildman–Crippen LogP) is 1.02. The monoisotopic (exact) mass is 274 g/mol. The van der Waals surface area contributed by atoms with Gasteiger partial charge in [-0.15, -0.1) is 0 Å². The van der Waals surface area contributed by atoms with E-state index in [2.05, 4.69) is 0 Å². The van der Waals surface area contributed by atoms with E-state index in [1.165, 1.54) is 4.31 Å². The minimum Gasteiger partial charge on any atom is -0.303 e. The summed E-state index contributed by atoms with van der Waals surface area (Å²) in [5.74, 6) is -0.131. The van der Waals surface area contributed by atoms with Crippen molar-refractivity contribution < 1.29 is 13.2 Å². The van der Waals surface area contributed by atoms with Crippen LogP contribution in [0.4, 0.5) is 0 Å². The van der Waals surface area contributed by atoms with Crippen LogP contribution in [-0.2, 0) is 15.0 Å². The van der Waals surface area contributed by atoms with Crippen LogP contribution in [0.25, 0.3) is 0 Å². The maximum absolute atomic E-state index is 12.5. The van der Waals surface area contributed by atoms with E-state index in [0.29, 0.717) is 19.6 Å². The predicted molar refractivity (Wildman–Crippen MR) is 69.3 cm³/mol. The van der Waals surface area contributed by atoms with Crippen LogP contribution in [0.15, 0.2) is 0 Å². The Labute approximate surface area is 109 Å². The van der Waals surface area contributed by atoms with Gasteiger partial charge >= 0.3 is 0 Å². The Hall–Kier alpha value is -0.460. The van der Waals surface area contributed by atoms with Crippen LogP contribution in [-0.4, -0.2) is 49.0 Å². The third-order valence-corrected chi connectivity index (χ3v) is 6.10. The van der Waals surface area contributed by atoms with Crippen molar-refractivity contribution in [3.8, 4) is 0 Å². The Morgan fingerprint density at radius 2 is 1.89 bits per heavy atom. The van der Waals surface area contributed by atoms with Crippen LogP contribution >= 0.6 is 0 Å². The zero-order chi connectivity index (χ0) is 13.2. The third kappa shape index (κ3) is 2.75. The van der Waals surface area contributed by atoms with E-state index in [-0.39, 0.29) is 12.0 Å². The highest BCUT2D eigenvalue weighted by Gasteiger charge is 2.36. The van der Waals surface area contributed by atoms with Gasteiger partial charge in [0, 0.05) is 31.6 Å². The molecule has 0 saturated carbocycles. The molecule has 0 N–H and O–H groups in total. The molecule has 2 aliphatic rings. The molecular formula is C12H22N2O3S. The minimum absolute atomic E-state index is 0.0837. The highest BCUT2D eigenvalue weighted by molar-refractivity contribution is 7.86. The first-order valence-electron chi connectivity index (χ1n) is 6.78. The summed E-state index contributed by atoms with van der Waals surface area (Å²) in [6.45, 7) is 3.49. The summed E-state index contributed by atoms with van der Waals surface area (Å²) in [5.41, 5.74) is 0. The summed E-state index contributed by atoms with van der Waals surface area (Å²) in [4.78, 5) is 10.8. The number of nitrogens with zero attached hydrogens (tertiary/aromatic N) is 2. The fraction of sp³-hybridized carbons (Fsp3) is 0.917. The molecule has 18 heavy (non-hydrogen) atoms. The van der Waals surface area contributed by atoms with Crippen molar-refractivity contribution in [2.75, 3.05) is 19.6 Å². The van der Waals surface area contributed by atoms with Gasteiger partial charge in [0.25, 0.3) is 10.2 Å². The van der Waals surface area contributed by atoms with Gasteiger partial charge in [-0.05, 0) is 32.6 Å². The Morgan fingerprint density at radius 1 is 1.11 bits per heavy atom. The van der Waals surface area contributed by atoms with Gasteiger partial charge in [-0.1, -0.05) is 6.42 Å². The van der Waals surface area contributed by atoms with Gasteiger partial charge in [0.15, 0.2) is 0 Å². The van der Waals surface area contributed by atoms with Crippen molar-refractivity contribution >= 4 is 16.5 Å². The van der Waals surface area contributed by atoms with Crippen molar-refractivity contribution in [3.05, 3.63) is 0 Å². The molecule has 0 aromatic carbocycles. The Bertz CT molecular complexity index is 396. The number of carbonyl (C=O) groups is 1. The number of hydrogen-bond acceptors (Lipinski definition) is 3. The average molecular weight is 274 g/mol. The molecule has 2 saturated heterocycles. The molecular weight excluding hydrogens is 252 g/mol. The highest BCUT2D eigenvalue weighted by Crippen LogP contribution is 2.25. The van der Waals surface area contributed by atoms with Gasteiger partial charge in [0.2, 0.25) is 0 Å². The molecule has 5 nitrogen and oxygen atoms in total. The fourth-order valence-electron chi connectivity index (χ4n) is 2.86.